The first-order valence-corrected chi connectivity index (χ1v) is 19.5. The van der Waals surface area contributed by atoms with Gasteiger partial charge in [0.1, 0.15) is 0 Å². The molecule has 1 aliphatic rings. The van der Waals surface area contributed by atoms with Crippen LogP contribution in [0.4, 0.5) is 0 Å². The molecule has 0 aromatic heterocycles. The van der Waals surface area contributed by atoms with Crippen LogP contribution in [0.2, 0.25) is 0 Å². The van der Waals surface area contributed by atoms with E-state index in [9.17, 15) is 0 Å². The van der Waals surface area contributed by atoms with Gasteiger partial charge >= 0.3 is 0 Å². The van der Waals surface area contributed by atoms with Crippen LogP contribution in [0, 0.1) is 0 Å². The average molecular weight is 638 g/mol. The molecule has 3 heteroatoms. The molecule has 1 rings (SSSR count). The molecule has 1 aliphatic heterocycles. The van der Waals surface area contributed by atoms with Crippen molar-refractivity contribution in [1.29, 1.82) is 0 Å². The highest BCUT2D eigenvalue weighted by atomic mass is 16.7. The van der Waals surface area contributed by atoms with Gasteiger partial charge in [0.15, 0.2) is 5.79 Å². The van der Waals surface area contributed by atoms with Crippen LogP contribution in [-0.2, 0) is 9.47 Å². The molecule has 1 unspecified atom stereocenters. The summed E-state index contributed by atoms with van der Waals surface area (Å²) in [5.41, 5.74) is 0. The summed E-state index contributed by atoms with van der Waals surface area (Å²) in [5, 5.41) is 0. The number of hydrogen-bond acceptors (Lipinski definition) is 3. The van der Waals surface area contributed by atoms with E-state index in [0.717, 1.165) is 70.9 Å². The lowest BCUT2D eigenvalue weighted by Crippen LogP contribution is -2.31. The summed E-state index contributed by atoms with van der Waals surface area (Å²) in [4.78, 5) is 2.25. The van der Waals surface area contributed by atoms with Crippen LogP contribution in [0.3, 0.4) is 0 Å². The first kappa shape index (κ1) is 42.3. The molecule has 3 nitrogen and oxygen atoms in total. The molecule has 0 aromatic rings. The van der Waals surface area contributed by atoms with Crippen LogP contribution < -0.4 is 0 Å². The Kier molecular flexibility index (Phi) is 29.4. The molecule has 1 heterocycles. The molecular weight excluding hydrogens is 562 g/mol. The van der Waals surface area contributed by atoms with E-state index >= 15 is 0 Å². The predicted octanol–water partition coefficient (Wildman–Crippen LogP) is 13.0. The maximum atomic E-state index is 6.67. The monoisotopic (exact) mass is 638 g/mol. The summed E-state index contributed by atoms with van der Waals surface area (Å²) in [6.45, 7) is 6.20. The molecule has 1 atom stereocenters. The van der Waals surface area contributed by atoms with Gasteiger partial charge in [0.25, 0.3) is 0 Å². The third-order valence-electron chi connectivity index (χ3n) is 8.73. The lowest BCUT2D eigenvalue weighted by atomic mass is 9.98. The fraction of sp³-hybridized carbons (Fsp3) is 0.721. The van der Waals surface area contributed by atoms with Gasteiger partial charge in [-0.2, -0.15) is 0 Å². The van der Waals surface area contributed by atoms with E-state index < -0.39 is 0 Å². The van der Waals surface area contributed by atoms with Crippen molar-refractivity contribution >= 4 is 0 Å². The van der Waals surface area contributed by atoms with Gasteiger partial charge in [-0.15, -0.1) is 0 Å². The minimum absolute atomic E-state index is 0.255. The van der Waals surface area contributed by atoms with Crippen LogP contribution in [0.25, 0.3) is 0 Å². The van der Waals surface area contributed by atoms with E-state index in [2.05, 4.69) is 106 Å². The van der Waals surface area contributed by atoms with Crippen molar-refractivity contribution in [1.82, 2.24) is 4.90 Å². The third kappa shape index (κ3) is 26.4. The van der Waals surface area contributed by atoms with E-state index in [1.54, 1.807) is 0 Å². The van der Waals surface area contributed by atoms with Crippen molar-refractivity contribution < 1.29 is 9.47 Å². The van der Waals surface area contributed by atoms with Crippen molar-refractivity contribution in [2.75, 3.05) is 27.2 Å². The Hall–Kier alpha value is -1.68. The lowest BCUT2D eigenvalue weighted by molar-refractivity contribution is -0.180. The van der Waals surface area contributed by atoms with Gasteiger partial charge < -0.3 is 14.4 Å². The van der Waals surface area contributed by atoms with E-state index in [4.69, 9.17) is 9.47 Å². The van der Waals surface area contributed by atoms with Crippen molar-refractivity contribution in [2.24, 2.45) is 0 Å². The highest BCUT2D eigenvalue weighted by molar-refractivity contribution is 4.98. The van der Waals surface area contributed by atoms with Crippen LogP contribution in [0.15, 0.2) is 72.9 Å². The van der Waals surface area contributed by atoms with Crippen LogP contribution in [0.1, 0.15) is 162 Å². The summed E-state index contributed by atoms with van der Waals surface area (Å²) in [5.74, 6) is -0.325. The van der Waals surface area contributed by atoms with E-state index in [1.807, 2.05) is 0 Å². The Labute approximate surface area is 287 Å². The largest absolute Gasteiger partial charge is 0.347 e. The Balaban J connectivity index is 2.18. The fourth-order valence-corrected chi connectivity index (χ4v) is 5.93. The van der Waals surface area contributed by atoms with Crippen molar-refractivity contribution in [2.45, 2.75) is 173 Å². The summed E-state index contributed by atoms with van der Waals surface area (Å²) in [7, 11) is 4.29. The smallest absolute Gasteiger partial charge is 0.168 e. The second-order valence-corrected chi connectivity index (χ2v) is 13.5. The van der Waals surface area contributed by atoms with Gasteiger partial charge in [0.2, 0.25) is 0 Å². The minimum atomic E-state index is -0.325. The van der Waals surface area contributed by atoms with Crippen molar-refractivity contribution in [3.8, 4) is 0 Å². The summed E-state index contributed by atoms with van der Waals surface area (Å²) in [6.07, 6.45) is 55.5. The second kappa shape index (κ2) is 31.9. The Morgan fingerprint density at radius 2 is 0.913 bits per heavy atom. The van der Waals surface area contributed by atoms with Gasteiger partial charge in [-0.1, -0.05) is 138 Å². The van der Waals surface area contributed by atoms with E-state index in [1.165, 1.54) is 89.9 Å². The number of hydrogen-bond donors (Lipinski definition) is 0. The van der Waals surface area contributed by atoms with Crippen molar-refractivity contribution in [3.63, 3.8) is 0 Å². The molecule has 0 aliphatic carbocycles. The molecule has 0 saturated carbocycles. The quantitative estimate of drug-likeness (QED) is 0.0557. The molecule has 46 heavy (non-hydrogen) atoms. The lowest BCUT2D eigenvalue weighted by Gasteiger charge is -2.29. The molecular formula is C43H75NO2. The maximum absolute atomic E-state index is 6.67. The van der Waals surface area contributed by atoms with Gasteiger partial charge in [-0.3, -0.25) is 0 Å². The molecule has 1 fully saturated rings. The van der Waals surface area contributed by atoms with Gasteiger partial charge in [0.05, 0.1) is 12.7 Å². The topological polar surface area (TPSA) is 21.7 Å². The number of unbranched alkanes of at least 4 members (excludes halogenated alkanes) is 12. The zero-order valence-corrected chi connectivity index (χ0v) is 30.9. The highest BCUT2D eigenvalue weighted by Crippen LogP contribution is 2.35. The number of rotatable bonds is 31. The summed E-state index contributed by atoms with van der Waals surface area (Å²) in [6, 6.07) is 0. The summed E-state index contributed by atoms with van der Waals surface area (Å²) < 4.78 is 13.1. The Bertz CT molecular complexity index is 780. The number of allylic oxidation sites excluding steroid dienone is 12. The first-order valence-electron chi connectivity index (χ1n) is 19.5. The molecule has 0 radical (unpaired) electrons. The second-order valence-electron chi connectivity index (χ2n) is 13.5. The Morgan fingerprint density at radius 1 is 0.522 bits per heavy atom. The molecule has 264 valence electrons. The zero-order valence-electron chi connectivity index (χ0n) is 30.9. The molecule has 0 bridgehead atoms. The third-order valence-corrected chi connectivity index (χ3v) is 8.73. The van der Waals surface area contributed by atoms with Crippen LogP contribution >= 0.6 is 0 Å². The van der Waals surface area contributed by atoms with E-state index in [-0.39, 0.29) is 11.9 Å². The van der Waals surface area contributed by atoms with Gasteiger partial charge in [-0.05, 0) is 97.6 Å². The zero-order chi connectivity index (χ0) is 33.2. The predicted molar refractivity (Wildman–Crippen MR) is 204 cm³/mol. The maximum Gasteiger partial charge on any atom is 0.168 e. The fourth-order valence-electron chi connectivity index (χ4n) is 5.93. The first-order chi connectivity index (χ1) is 22.6. The van der Waals surface area contributed by atoms with Crippen LogP contribution in [0.5, 0.6) is 0 Å². The van der Waals surface area contributed by atoms with Gasteiger partial charge in [0, 0.05) is 19.4 Å². The Morgan fingerprint density at radius 3 is 1.35 bits per heavy atom. The molecule has 1 saturated heterocycles. The van der Waals surface area contributed by atoms with Crippen molar-refractivity contribution in [3.05, 3.63) is 72.9 Å². The van der Waals surface area contributed by atoms with E-state index in [0.29, 0.717) is 0 Å². The number of nitrogens with zero attached hydrogens (tertiary/aromatic N) is 1. The average Bonchev–Trinajstić information content (AvgIpc) is 3.46. The molecule has 0 aromatic carbocycles. The van der Waals surface area contributed by atoms with Gasteiger partial charge in [-0.25, -0.2) is 0 Å². The highest BCUT2D eigenvalue weighted by Gasteiger charge is 2.40. The summed E-state index contributed by atoms with van der Waals surface area (Å²) >= 11 is 0. The SMILES string of the molecule is CCC=CCC=CCC=CCCCCCCCCC1(CCCCCCCCC=CCC=CCC=CCC)OCC(CCN(C)C)O1. The molecule has 0 N–H and O–H groups in total. The van der Waals surface area contributed by atoms with Crippen LogP contribution in [-0.4, -0.2) is 44.0 Å². The normalized spacial score (nSPS) is 19.4. The number of ether oxygens (including phenoxy) is 2. The molecule has 0 spiro atoms. The molecule has 0 amide bonds. The minimum Gasteiger partial charge on any atom is -0.347 e. The standard InChI is InChI=1S/C43H75NO2/c1-5-7-9-11-13-15-17-19-21-23-25-27-29-31-33-35-38-43(45-41-42(46-43)37-40-44(3)4)39-36-34-32-30-28-26-24-22-20-18-16-14-12-10-8-6-2/h7-10,13-16,19-22,42H,5-6,11-12,17-18,23-41H2,1-4H3.